The molecule has 12 rings (SSSR count). The summed E-state index contributed by atoms with van der Waals surface area (Å²) in [5.74, 6) is 4.52. The Morgan fingerprint density at radius 3 is 1.43 bits per heavy atom. The van der Waals surface area contributed by atoms with Gasteiger partial charge in [0.1, 0.15) is 0 Å². The van der Waals surface area contributed by atoms with Crippen LogP contribution in [0.5, 0.6) is 23.0 Å². The van der Waals surface area contributed by atoms with Gasteiger partial charge in [-0.2, -0.15) is 0 Å². The third kappa shape index (κ3) is 6.05. The van der Waals surface area contributed by atoms with Crippen molar-refractivity contribution in [1.82, 2.24) is 15.0 Å². The first-order chi connectivity index (χ1) is 31.2. The Labute approximate surface area is 365 Å². The summed E-state index contributed by atoms with van der Waals surface area (Å²) in [6.07, 6.45) is 0. The van der Waals surface area contributed by atoms with Gasteiger partial charge < -0.3 is 9.47 Å². The predicted octanol–water partition coefficient (Wildman–Crippen LogP) is 14.5. The van der Waals surface area contributed by atoms with Crippen molar-refractivity contribution in [3.8, 4) is 90.5 Å². The molecule has 2 heterocycles. The van der Waals surface area contributed by atoms with Crippen LogP contribution in [0, 0.1) is 0 Å². The summed E-state index contributed by atoms with van der Waals surface area (Å²) in [6.45, 7) is 0. The number of para-hydroxylation sites is 1. The van der Waals surface area contributed by atoms with Crippen LogP contribution in [-0.4, -0.2) is 15.0 Å². The van der Waals surface area contributed by atoms with Gasteiger partial charge in [-0.05, 0) is 68.3 Å². The molecule has 10 aromatic rings. The topological polar surface area (TPSA) is 57.1 Å². The summed E-state index contributed by atoms with van der Waals surface area (Å²) in [5.41, 5.74) is 13.4. The van der Waals surface area contributed by atoms with Crippen LogP contribution in [-0.2, 0) is 5.41 Å². The van der Waals surface area contributed by atoms with Crippen LogP contribution in [0.15, 0.2) is 224 Å². The van der Waals surface area contributed by atoms with Crippen molar-refractivity contribution in [1.29, 1.82) is 0 Å². The van der Waals surface area contributed by atoms with Crippen LogP contribution < -0.4 is 9.47 Å². The molecule has 0 radical (unpaired) electrons. The Bertz CT molecular complexity index is 3280. The van der Waals surface area contributed by atoms with Crippen molar-refractivity contribution in [2.24, 2.45) is 0 Å². The van der Waals surface area contributed by atoms with Crippen molar-refractivity contribution in [3.63, 3.8) is 0 Å². The van der Waals surface area contributed by atoms with Crippen molar-refractivity contribution in [2.45, 2.75) is 5.41 Å². The second kappa shape index (κ2) is 14.9. The van der Waals surface area contributed by atoms with Crippen molar-refractivity contribution in [2.75, 3.05) is 0 Å². The smallest absolute Gasteiger partial charge is 0.177 e. The molecule has 5 heteroatoms. The maximum Gasteiger partial charge on any atom is 0.177 e. The lowest BCUT2D eigenvalue weighted by molar-refractivity contribution is 0.360. The van der Waals surface area contributed by atoms with E-state index in [9.17, 15) is 0 Å². The number of hydrogen-bond acceptors (Lipinski definition) is 5. The summed E-state index contributed by atoms with van der Waals surface area (Å²) in [7, 11) is 0. The Hall–Kier alpha value is -8.41. The molecule has 296 valence electrons. The number of nitrogens with zero attached hydrogens (tertiary/aromatic N) is 3. The minimum Gasteiger partial charge on any atom is -0.449 e. The second-order valence-corrected chi connectivity index (χ2v) is 15.9. The summed E-state index contributed by atoms with van der Waals surface area (Å²) >= 11 is 0. The molecule has 1 aliphatic carbocycles. The minimum absolute atomic E-state index is 0.539. The van der Waals surface area contributed by atoms with E-state index in [0.29, 0.717) is 40.5 Å². The van der Waals surface area contributed by atoms with Gasteiger partial charge >= 0.3 is 0 Å². The van der Waals surface area contributed by atoms with Gasteiger partial charge in [0.25, 0.3) is 0 Å². The van der Waals surface area contributed by atoms with Crippen LogP contribution in [0.4, 0.5) is 0 Å². The van der Waals surface area contributed by atoms with Crippen LogP contribution in [0.1, 0.15) is 22.3 Å². The molecule has 5 nitrogen and oxygen atoms in total. The molecule has 0 saturated heterocycles. The van der Waals surface area contributed by atoms with E-state index in [2.05, 4.69) is 164 Å². The monoisotopic (exact) mass is 807 g/mol. The number of fused-ring (bicyclic) bond motifs is 5. The molecule has 1 aliphatic heterocycles. The lowest BCUT2D eigenvalue weighted by Crippen LogP contribution is -2.28. The van der Waals surface area contributed by atoms with Gasteiger partial charge in [-0.3, -0.25) is 0 Å². The molecule has 2 aliphatic rings. The molecule has 1 aromatic heterocycles. The Balaban J connectivity index is 0.931. The molecule has 0 unspecified atom stereocenters. The van der Waals surface area contributed by atoms with E-state index in [1.807, 2.05) is 60.7 Å². The van der Waals surface area contributed by atoms with Gasteiger partial charge in [0.05, 0.1) is 5.41 Å². The van der Waals surface area contributed by atoms with E-state index in [-0.39, 0.29) is 0 Å². The number of benzene rings is 9. The second-order valence-electron chi connectivity index (χ2n) is 15.9. The van der Waals surface area contributed by atoms with Crippen LogP contribution in [0.2, 0.25) is 0 Å². The molecule has 9 aromatic carbocycles. The number of hydrogen-bond donors (Lipinski definition) is 0. The summed E-state index contributed by atoms with van der Waals surface area (Å²) in [6, 6.07) is 77.8. The average Bonchev–Trinajstić information content (AvgIpc) is 3.65. The molecule has 0 atom stereocenters. The average molecular weight is 808 g/mol. The molecule has 0 bridgehead atoms. The standard InChI is InChI=1S/C58H37N3O2/c1-5-18-38(19-6-1)44-26-13-14-28-47(44)57-60-55(40-20-7-2-8-21-40)59-56(61-57)41-34-32-39(33-35-41)45-29-17-31-51-54(45)63-52-36-48-46-27-15-16-30-49(46)58(42-22-9-3-10-23-42,43-24-11-4-12-25-43)50(48)37-53(52)62-51/h1-37H. The molecule has 0 spiro atoms. The zero-order chi connectivity index (χ0) is 41.7. The minimum atomic E-state index is -0.539. The fourth-order valence-electron chi connectivity index (χ4n) is 9.45. The van der Waals surface area contributed by atoms with Gasteiger partial charge in [0, 0.05) is 22.3 Å². The van der Waals surface area contributed by atoms with E-state index >= 15 is 0 Å². The highest BCUT2D eigenvalue weighted by molar-refractivity contribution is 5.89. The zero-order valence-electron chi connectivity index (χ0n) is 34.0. The predicted molar refractivity (Wildman–Crippen MR) is 251 cm³/mol. The van der Waals surface area contributed by atoms with E-state index in [0.717, 1.165) is 44.5 Å². The SMILES string of the molecule is c1ccc(-c2nc(-c3ccc(-c4cccc5c4Oc4cc6c(cc4O5)C(c4ccccc4)(c4ccccc4)c4ccccc4-6)cc3)nc(-c3ccccc3-c3ccccc3)n2)cc1. The molecule has 0 saturated carbocycles. The summed E-state index contributed by atoms with van der Waals surface area (Å²) in [5, 5.41) is 0. The highest BCUT2D eigenvalue weighted by atomic mass is 16.6. The molecule has 0 N–H and O–H groups in total. The van der Waals surface area contributed by atoms with E-state index < -0.39 is 5.41 Å². The van der Waals surface area contributed by atoms with Gasteiger partial charge in [0.15, 0.2) is 40.5 Å². The van der Waals surface area contributed by atoms with E-state index in [1.54, 1.807) is 0 Å². The van der Waals surface area contributed by atoms with Crippen molar-refractivity contribution < 1.29 is 9.47 Å². The Morgan fingerprint density at radius 1 is 0.286 bits per heavy atom. The highest BCUT2D eigenvalue weighted by Gasteiger charge is 2.47. The van der Waals surface area contributed by atoms with Gasteiger partial charge in [-0.15, -0.1) is 0 Å². The third-order valence-corrected chi connectivity index (χ3v) is 12.3. The molecule has 0 amide bonds. The fraction of sp³-hybridized carbons (Fsp3) is 0.0172. The number of aromatic nitrogens is 3. The largest absolute Gasteiger partial charge is 0.449 e. The fourth-order valence-corrected chi connectivity index (χ4v) is 9.45. The van der Waals surface area contributed by atoms with Gasteiger partial charge in [-0.1, -0.05) is 206 Å². The van der Waals surface area contributed by atoms with Gasteiger partial charge in [0.2, 0.25) is 0 Å². The molecule has 0 fully saturated rings. The maximum atomic E-state index is 6.92. The van der Waals surface area contributed by atoms with Gasteiger partial charge in [-0.25, -0.2) is 15.0 Å². The lowest BCUT2D eigenvalue weighted by atomic mass is 9.67. The van der Waals surface area contributed by atoms with E-state index in [1.165, 1.54) is 27.8 Å². The quantitative estimate of drug-likeness (QED) is 0.161. The van der Waals surface area contributed by atoms with Crippen LogP contribution >= 0.6 is 0 Å². The zero-order valence-corrected chi connectivity index (χ0v) is 34.0. The maximum absolute atomic E-state index is 6.92. The van der Waals surface area contributed by atoms with E-state index in [4.69, 9.17) is 24.4 Å². The first-order valence-electron chi connectivity index (χ1n) is 21.2. The molecular weight excluding hydrogens is 771 g/mol. The lowest BCUT2D eigenvalue weighted by Gasteiger charge is -2.34. The van der Waals surface area contributed by atoms with Crippen LogP contribution in [0.25, 0.3) is 67.5 Å². The van der Waals surface area contributed by atoms with Crippen molar-refractivity contribution >= 4 is 0 Å². The number of rotatable bonds is 7. The molecule has 63 heavy (non-hydrogen) atoms. The summed E-state index contributed by atoms with van der Waals surface area (Å²) in [4.78, 5) is 15.2. The molecular formula is C58H37N3O2. The Kier molecular flexibility index (Phi) is 8.64. The first kappa shape index (κ1) is 36.4. The number of ether oxygens (including phenoxy) is 2. The normalized spacial score (nSPS) is 12.8. The first-order valence-corrected chi connectivity index (χ1v) is 21.2. The third-order valence-electron chi connectivity index (χ3n) is 12.3. The summed E-state index contributed by atoms with van der Waals surface area (Å²) < 4.78 is 13.7. The van der Waals surface area contributed by atoms with Crippen LogP contribution in [0.3, 0.4) is 0 Å². The Morgan fingerprint density at radius 2 is 0.762 bits per heavy atom. The van der Waals surface area contributed by atoms with Crippen molar-refractivity contribution in [3.05, 3.63) is 247 Å². The highest BCUT2D eigenvalue weighted by Crippen LogP contribution is 2.60.